The van der Waals surface area contributed by atoms with Crippen molar-refractivity contribution in [3.8, 4) is 0 Å². The van der Waals surface area contributed by atoms with E-state index in [1.165, 1.54) is 19.3 Å². The monoisotopic (exact) mass is 302 g/mol. The number of nitrogens with zero attached hydrogens (tertiary/aromatic N) is 2. The molecule has 0 saturated heterocycles. The lowest BCUT2D eigenvalue weighted by Gasteiger charge is -2.34. The van der Waals surface area contributed by atoms with Crippen LogP contribution < -0.4 is 11.1 Å². The van der Waals surface area contributed by atoms with Gasteiger partial charge >= 0.3 is 0 Å². The van der Waals surface area contributed by atoms with Crippen LogP contribution in [0.2, 0.25) is 0 Å². The molecule has 1 heterocycles. The lowest BCUT2D eigenvalue weighted by Crippen LogP contribution is -2.35. The molecule has 6 nitrogen and oxygen atoms in total. The van der Waals surface area contributed by atoms with Gasteiger partial charge in [0.05, 0.1) is 6.42 Å². The molecule has 1 aromatic rings. The van der Waals surface area contributed by atoms with Gasteiger partial charge in [0, 0.05) is 13.5 Å². The fourth-order valence-electron chi connectivity index (χ4n) is 2.74. The SMILES string of the molecule is CNC(=O)Cc1noc(CC2(CN)CCCCC2)n1.Cl. The highest BCUT2D eigenvalue weighted by Crippen LogP contribution is 2.37. The average molecular weight is 303 g/mol. The number of halogens is 1. The lowest BCUT2D eigenvalue weighted by atomic mass is 9.72. The number of hydrogen-bond acceptors (Lipinski definition) is 5. The molecule has 1 aliphatic carbocycles. The van der Waals surface area contributed by atoms with Gasteiger partial charge in [-0.3, -0.25) is 4.79 Å². The zero-order valence-corrected chi connectivity index (χ0v) is 12.7. The zero-order valence-electron chi connectivity index (χ0n) is 11.9. The van der Waals surface area contributed by atoms with Gasteiger partial charge < -0.3 is 15.6 Å². The minimum Gasteiger partial charge on any atom is -0.359 e. The maximum absolute atomic E-state index is 11.2. The summed E-state index contributed by atoms with van der Waals surface area (Å²) in [5.41, 5.74) is 6.05. The van der Waals surface area contributed by atoms with Crippen LogP contribution in [0.1, 0.15) is 43.8 Å². The van der Waals surface area contributed by atoms with Crippen LogP contribution in [0.5, 0.6) is 0 Å². The van der Waals surface area contributed by atoms with E-state index in [9.17, 15) is 4.79 Å². The number of nitrogens with two attached hydrogens (primary N) is 1. The predicted molar refractivity (Wildman–Crippen MR) is 77.6 cm³/mol. The average Bonchev–Trinajstić information content (AvgIpc) is 2.86. The summed E-state index contributed by atoms with van der Waals surface area (Å²) in [7, 11) is 1.59. The quantitative estimate of drug-likeness (QED) is 0.853. The van der Waals surface area contributed by atoms with Gasteiger partial charge in [0.15, 0.2) is 5.82 Å². The van der Waals surface area contributed by atoms with Gasteiger partial charge in [0.25, 0.3) is 0 Å². The number of amides is 1. The van der Waals surface area contributed by atoms with Crippen molar-refractivity contribution in [3.05, 3.63) is 11.7 Å². The molecule has 0 aromatic carbocycles. The third kappa shape index (κ3) is 4.18. The minimum atomic E-state index is -0.112. The first kappa shape index (κ1) is 16.9. The Balaban J connectivity index is 0.00000200. The van der Waals surface area contributed by atoms with Crippen LogP contribution in [0.4, 0.5) is 0 Å². The summed E-state index contributed by atoms with van der Waals surface area (Å²) in [5, 5.41) is 6.39. The molecule has 0 spiro atoms. The van der Waals surface area contributed by atoms with Gasteiger partial charge in [-0.1, -0.05) is 24.4 Å². The predicted octanol–water partition coefficient (Wildman–Crippen LogP) is 1.23. The van der Waals surface area contributed by atoms with Crippen LogP contribution in [0.15, 0.2) is 4.52 Å². The van der Waals surface area contributed by atoms with Crippen molar-refractivity contribution in [2.24, 2.45) is 11.1 Å². The Kier molecular flexibility index (Phi) is 6.42. The first-order valence-corrected chi connectivity index (χ1v) is 6.89. The van der Waals surface area contributed by atoms with E-state index < -0.39 is 0 Å². The molecule has 0 unspecified atom stereocenters. The highest BCUT2D eigenvalue weighted by atomic mass is 35.5. The second-order valence-corrected chi connectivity index (χ2v) is 5.40. The summed E-state index contributed by atoms with van der Waals surface area (Å²) in [5.74, 6) is 0.933. The van der Waals surface area contributed by atoms with Crippen molar-refractivity contribution in [2.45, 2.75) is 44.9 Å². The Morgan fingerprint density at radius 2 is 2.10 bits per heavy atom. The molecule has 0 aliphatic heterocycles. The second kappa shape index (κ2) is 7.59. The van der Waals surface area contributed by atoms with Gasteiger partial charge in [-0.05, 0) is 24.8 Å². The highest BCUT2D eigenvalue weighted by molar-refractivity contribution is 5.85. The van der Waals surface area contributed by atoms with Crippen molar-refractivity contribution >= 4 is 18.3 Å². The molecule has 1 fully saturated rings. The van der Waals surface area contributed by atoms with Gasteiger partial charge in [0.2, 0.25) is 11.8 Å². The van der Waals surface area contributed by atoms with Crippen molar-refractivity contribution in [1.29, 1.82) is 0 Å². The Bertz CT molecular complexity index is 430. The van der Waals surface area contributed by atoms with Crippen LogP contribution in [-0.4, -0.2) is 29.6 Å². The van der Waals surface area contributed by atoms with Crippen LogP contribution in [0.3, 0.4) is 0 Å². The molecule has 0 radical (unpaired) electrons. The second-order valence-electron chi connectivity index (χ2n) is 5.40. The number of carbonyl (C=O) groups is 1. The van der Waals surface area contributed by atoms with Gasteiger partial charge in [-0.15, -0.1) is 12.4 Å². The van der Waals surface area contributed by atoms with E-state index in [0.717, 1.165) is 19.3 Å². The molecular formula is C13H23ClN4O2. The maximum atomic E-state index is 11.2. The fraction of sp³-hybridized carbons (Fsp3) is 0.769. The number of aromatic nitrogens is 2. The highest BCUT2D eigenvalue weighted by Gasteiger charge is 2.32. The third-order valence-electron chi connectivity index (χ3n) is 3.98. The van der Waals surface area contributed by atoms with E-state index in [2.05, 4.69) is 15.5 Å². The Labute approximate surface area is 125 Å². The van der Waals surface area contributed by atoms with Crippen LogP contribution in [0.25, 0.3) is 0 Å². The molecule has 0 atom stereocenters. The summed E-state index contributed by atoms with van der Waals surface area (Å²) < 4.78 is 5.24. The maximum Gasteiger partial charge on any atom is 0.227 e. The number of hydrogen-bond donors (Lipinski definition) is 2. The first-order chi connectivity index (χ1) is 9.17. The van der Waals surface area contributed by atoms with Gasteiger partial charge in [-0.25, -0.2) is 0 Å². The fourth-order valence-corrected chi connectivity index (χ4v) is 2.74. The molecule has 1 saturated carbocycles. The van der Waals surface area contributed by atoms with E-state index >= 15 is 0 Å². The number of likely N-dealkylation sites (N-methyl/N-ethyl adjacent to an activating group) is 1. The molecule has 3 N–H and O–H groups in total. The number of rotatable bonds is 5. The largest absolute Gasteiger partial charge is 0.359 e. The van der Waals surface area contributed by atoms with Gasteiger partial charge in [0.1, 0.15) is 0 Å². The Morgan fingerprint density at radius 3 is 2.70 bits per heavy atom. The van der Waals surface area contributed by atoms with Crippen LogP contribution >= 0.6 is 12.4 Å². The van der Waals surface area contributed by atoms with E-state index in [1.807, 2.05) is 0 Å². The number of carbonyl (C=O) groups excluding carboxylic acids is 1. The minimum absolute atomic E-state index is 0. The standard InChI is InChI=1S/C13H22N4O2.ClH/c1-15-11(18)7-10-16-12(19-17-10)8-13(9-14)5-3-2-4-6-13;/h2-9,14H2,1H3,(H,15,18);1H. The molecule has 0 bridgehead atoms. The first-order valence-electron chi connectivity index (χ1n) is 6.89. The summed E-state index contributed by atoms with van der Waals surface area (Å²) in [4.78, 5) is 15.5. The van der Waals surface area contributed by atoms with E-state index in [1.54, 1.807) is 7.05 Å². The van der Waals surface area contributed by atoms with E-state index in [-0.39, 0.29) is 30.2 Å². The summed E-state index contributed by atoms with van der Waals surface area (Å²) in [6.07, 6.45) is 6.85. The summed E-state index contributed by atoms with van der Waals surface area (Å²) in [6.45, 7) is 0.653. The molecule has 114 valence electrons. The summed E-state index contributed by atoms with van der Waals surface area (Å²) in [6, 6.07) is 0. The van der Waals surface area contributed by atoms with Crippen molar-refractivity contribution in [3.63, 3.8) is 0 Å². The van der Waals surface area contributed by atoms with Crippen LogP contribution in [-0.2, 0) is 17.6 Å². The zero-order chi connectivity index (χ0) is 13.7. The van der Waals surface area contributed by atoms with Crippen molar-refractivity contribution in [2.75, 3.05) is 13.6 Å². The van der Waals surface area contributed by atoms with E-state index in [0.29, 0.717) is 18.3 Å². The topological polar surface area (TPSA) is 94.0 Å². The van der Waals surface area contributed by atoms with E-state index in [4.69, 9.17) is 10.3 Å². The molecule has 1 amide bonds. The lowest BCUT2D eigenvalue weighted by molar-refractivity contribution is -0.120. The van der Waals surface area contributed by atoms with Crippen molar-refractivity contribution < 1.29 is 9.32 Å². The molecule has 1 aliphatic rings. The molecule has 7 heteroatoms. The summed E-state index contributed by atoms with van der Waals surface area (Å²) >= 11 is 0. The third-order valence-corrected chi connectivity index (χ3v) is 3.98. The smallest absolute Gasteiger partial charge is 0.227 e. The Morgan fingerprint density at radius 1 is 1.40 bits per heavy atom. The van der Waals surface area contributed by atoms with Crippen LogP contribution in [0, 0.1) is 5.41 Å². The molecule has 20 heavy (non-hydrogen) atoms. The molecular weight excluding hydrogens is 280 g/mol. The molecule has 2 rings (SSSR count). The Hall–Kier alpha value is -1.14. The number of nitrogens with one attached hydrogen (secondary N) is 1. The molecule has 1 aromatic heterocycles. The normalized spacial score (nSPS) is 17.3. The van der Waals surface area contributed by atoms with Crippen molar-refractivity contribution in [1.82, 2.24) is 15.5 Å². The van der Waals surface area contributed by atoms with Gasteiger partial charge in [-0.2, -0.15) is 4.98 Å².